The highest BCUT2D eigenvalue weighted by Gasteiger charge is 2.25. The molecular weight excluding hydrogens is 218 g/mol. The van der Waals surface area contributed by atoms with Crippen LogP contribution in [0.1, 0.15) is 25.3 Å². The Hall–Kier alpha value is -1.44. The van der Waals surface area contributed by atoms with Gasteiger partial charge in [-0.1, -0.05) is 49.4 Å². The summed E-state index contributed by atoms with van der Waals surface area (Å²) < 4.78 is 26.5. The lowest BCUT2D eigenvalue weighted by molar-refractivity contribution is -0.0109. The standard InChI is InChI=1S/C15H16F2/c1-2-15(16,17)11-10-13-8-5-7-12-6-3-4-9-14(12)13/h3-9H,2,10-11H2,1H3. The van der Waals surface area contributed by atoms with Gasteiger partial charge < -0.3 is 0 Å². The molecule has 0 amide bonds. The molecule has 2 aromatic rings. The van der Waals surface area contributed by atoms with Gasteiger partial charge in [0.1, 0.15) is 0 Å². The van der Waals surface area contributed by atoms with Gasteiger partial charge in [-0.05, 0) is 22.8 Å². The summed E-state index contributed by atoms with van der Waals surface area (Å²) in [6.45, 7) is 1.53. The predicted molar refractivity (Wildman–Crippen MR) is 67.5 cm³/mol. The molecule has 0 saturated heterocycles. The van der Waals surface area contributed by atoms with E-state index in [1.807, 2.05) is 42.5 Å². The molecule has 0 aliphatic carbocycles. The zero-order chi connectivity index (χ0) is 12.3. The number of rotatable bonds is 4. The first kappa shape index (κ1) is 12.0. The van der Waals surface area contributed by atoms with Gasteiger partial charge in [0, 0.05) is 12.8 Å². The third kappa shape index (κ3) is 2.82. The van der Waals surface area contributed by atoms with Crippen LogP contribution in [0.15, 0.2) is 42.5 Å². The average molecular weight is 234 g/mol. The van der Waals surface area contributed by atoms with Gasteiger partial charge in [-0.3, -0.25) is 0 Å². The van der Waals surface area contributed by atoms with E-state index < -0.39 is 5.92 Å². The van der Waals surface area contributed by atoms with Crippen LogP contribution in [-0.4, -0.2) is 5.92 Å². The maximum Gasteiger partial charge on any atom is 0.248 e. The van der Waals surface area contributed by atoms with E-state index in [9.17, 15) is 8.78 Å². The van der Waals surface area contributed by atoms with Crippen LogP contribution in [0.4, 0.5) is 8.78 Å². The van der Waals surface area contributed by atoms with E-state index in [-0.39, 0.29) is 12.8 Å². The second-order valence-corrected chi connectivity index (χ2v) is 4.35. The molecule has 0 radical (unpaired) electrons. The van der Waals surface area contributed by atoms with E-state index >= 15 is 0 Å². The van der Waals surface area contributed by atoms with Crippen molar-refractivity contribution in [1.82, 2.24) is 0 Å². The molecule has 0 unspecified atom stereocenters. The van der Waals surface area contributed by atoms with Gasteiger partial charge >= 0.3 is 0 Å². The van der Waals surface area contributed by atoms with Crippen LogP contribution in [0.3, 0.4) is 0 Å². The molecule has 2 rings (SSSR count). The highest BCUT2D eigenvalue weighted by molar-refractivity contribution is 5.85. The van der Waals surface area contributed by atoms with E-state index in [0.717, 1.165) is 16.3 Å². The molecule has 0 bridgehead atoms. The fourth-order valence-corrected chi connectivity index (χ4v) is 2.00. The van der Waals surface area contributed by atoms with E-state index in [1.165, 1.54) is 6.92 Å². The van der Waals surface area contributed by atoms with Crippen molar-refractivity contribution < 1.29 is 8.78 Å². The first-order valence-corrected chi connectivity index (χ1v) is 5.97. The maximum absolute atomic E-state index is 13.2. The largest absolute Gasteiger partial charge is 0.248 e. The molecule has 0 saturated carbocycles. The lowest BCUT2D eigenvalue weighted by atomic mass is 9.99. The molecule has 17 heavy (non-hydrogen) atoms. The van der Waals surface area contributed by atoms with Gasteiger partial charge in [-0.25, -0.2) is 8.78 Å². The van der Waals surface area contributed by atoms with Crippen LogP contribution in [0.2, 0.25) is 0 Å². The molecule has 0 fully saturated rings. The zero-order valence-electron chi connectivity index (χ0n) is 9.92. The Bertz CT molecular complexity index is 498. The number of alkyl halides is 2. The summed E-state index contributed by atoms with van der Waals surface area (Å²) in [5.74, 6) is -2.54. The SMILES string of the molecule is CCC(F)(F)CCc1cccc2ccccc12. The van der Waals surface area contributed by atoms with Gasteiger partial charge in [-0.15, -0.1) is 0 Å². The molecule has 0 spiro atoms. The fraction of sp³-hybridized carbons (Fsp3) is 0.333. The normalized spacial score (nSPS) is 11.9. The summed E-state index contributed by atoms with van der Waals surface area (Å²) >= 11 is 0. The first-order chi connectivity index (χ1) is 8.12. The average Bonchev–Trinajstić information content (AvgIpc) is 2.36. The lowest BCUT2D eigenvalue weighted by Crippen LogP contribution is -2.15. The van der Waals surface area contributed by atoms with Crippen molar-refractivity contribution in [3.8, 4) is 0 Å². The van der Waals surface area contributed by atoms with Crippen LogP contribution < -0.4 is 0 Å². The second-order valence-electron chi connectivity index (χ2n) is 4.35. The number of hydrogen-bond acceptors (Lipinski definition) is 0. The van der Waals surface area contributed by atoms with E-state index in [0.29, 0.717) is 6.42 Å². The van der Waals surface area contributed by atoms with Crippen molar-refractivity contribution in [2.45, 2.75) is 32.1 Å². The molecule has 0 nitrogen and oxygen atoms in total. The van der Waals surface area contributed by atoms with E-state index in [4.69, 9.17) is 0 Å². The second kappa shape index (κ2) is 4.82. The Labute approximate surface area is 100 Å². The topological polar surface area (TPSA) is 0 Å². The fourth-order valence-electron chi connectivity index (χ4n) is 2.00. The first-order valence-electron chi connectivity index (χ1n) is 5.97. The molecule has 0 aromatic heterocycles. The molecule has 0 aliphatic heterocycles. The van der Waals surface area contributed by atoms with Gasteiger partial charge in [-0.2, -0.15) is 0 Å². The molecule has 0 aliphatic rings. The summed E-state index contributed by atoms with van der Waals surface area (Å²) in [7, 11) is 0. The molecule has 2 heteroatoms. The zero-order valence-corrected chi connectivity index (χ0v) is 9.92. The number of benzene rings is 2. The molecule has 0 heterocycles. The summed E-state index contributed by atoms with van der Waals surface area (Å²) in [6, 6.07) is 13.8. The lowest BCUT2D eigenvalue weighted by Gasteiger charge is -2.14. The Kier molecular flexibility index (Phi) is 3.41. The number of aryl methyl sites for hydroxylation is 1. The summed E-state index contributed by atoms with van der Waals surface area (Å²) in [5, 5.41) is 2.20. The summed E-state index contributed by atoms with van der Waals surface area (Å²) in [4.78, 5) is 0. The minimum Gasteiger partial charge on any atom is -0.207 e. The quantitative estimate of drug-likeness (QED) is 0.711. The number of fused-ring (bicyclic) bond motifs is 1. The van der Waals surface area contributed by atoms with Crippen molar-refractivity contribution in [2.75, 3.05) is 0 Å². The van der Waals surface area contributed by atoms with Crippen molar-refractivity contribution in [3.05, 3.63) is 48.0 Å². The van der Waals surface area contributed by atoms with Crippen molar-refractivity contribution in [2.24, 2.45) is 0 Å². The Morgan fingerprint density at radius 2 is 1.71 bits per heavy atom. The minimum atomic E-state index is -2.54. The van der Waals surface area contributed by atoms with E-state index in [1.54, 1.807) is 0 Å². The van der Waals surface area contributed by atoms with Crippen LogP contribution in [0.25, 0.3) is 10.8 Å². The molecule has 90 valence electrons. The minimum absolute atomic E-state index is 0.0719. The maximum atomic E-state index is 13.2. The van der Waals surface area contributed by atoms with E-state index in [2.05, 4.69) is 0 Å². The Morgan fingerprint density at radius 1 is 1.00 bits per heavy atom. The van der Waals surface area contributed by atoms with Gasteiger partial charge in [0.15, 0.2) is 0 Å². The number of hydrogen-bond donors (Lipinski definition) is 0. The monoisotopic (exact) mass is 234 g/mol. The molecule has 2 aromatic carbocycles. The highest BCUT2D eigenvalue weighted by Crippen LogP contribution is 2.27. The third-order valence-corrected chi connectivity index (χ3v) is 3.16. The highest BCUT2D eigenvalue weighted by atomic mass is 19.3. The molecule has 0 atom stereocenters. The molecular formula is C15H16F2. The predicted octanol–water partition coefficient (Wildman–Crippen LogP) is 4.82. The summed E-state index contributed by atoms with van der Waals surface area (Å²) in [5.41, 5.74) is 1.01. The Balaban J connectivity index is 2.24. The van der Waals surface area contributed by atoms with Gasteiger partial charge in [0.05, 0.1) is 0 Å². The van der Waals surface area contributed by atoms with Crippen LogP contribution >= 0.6 is 0 Å². The van der Waals surface area contributed by atoms with Crippen LogP contribution in [0, 0.1) is 0 Å². The summed E-state index contributed by atoms with van der Waals surface area (Å²) in [6.07, 6.45) is 0.275. The third-order valence-electron chi connectivity index (χ3n) is 3.16. The van der Waals surface area contributed by atoms with Crippen LogP contribution in [-0.2, 0) is 6.42 Å². The smallest absolute Gasteiger partial charge is 0.207 e. The Morgan fingerprint density at radius 3 is 2.47 bits per heavy atom. The van der Waals surface area contributed by atoms with Crippen molar-refractivity contribution in [3.63, 3.8) is 0 Å². The number of halogens is 2. The van der Waals surface area contributed by atoms with Crippen LogP contribution in [0.5, 0.6) is 0 Å². The van der Waals surface area contributed by atoms with Gasteiger partial charge in [0.2, 0.25) is 5.92 Å². The molecule has 0 N–H and O–H groups in total. The van der Waals surface area contributed by atoms with Crippen molar-refractivity contribution in [1.29, 1.82) is 0 Å². The van der Waals surface area contributed by atoms with Gasteiger partial charge in [0.25, 0.3) is 0 Å². The van der Waals surface area contributed by atoms with Crippen molar-refractivity contribution >= 4 is 10.8 Å².